The summed E-state index contributed by atoms with van der Waals surface area (Å²) in [4.78, 5) is 0.0569. The third-order valence-corrected chi connectivity index (χ3v) is 2.62. The van der Waals surface area contributed by atoms with Gasteiger partial charge in [-0.15, -0.1) is 0 Å². The first kappa shape index (κ1) is 9.53. The van der Waals surface area contributed by atoms with Crippen LogP contribution >= 0.6 is 0 Å². The van der Waals surface area contributed by atoms with Gasteiger partial charge in [-0.2, -0.15) is 0 Å². The van der Waals surface area contributed by atoms with Gasteiger partial charge in [0.25, 0.3) is 10.0 Å². The first-order valence-corrected chi connectivity index (χ1v) is 4.83. The van der Waals surface area contributed by atoms with Crippen LogP contribution in [0.4, 0.5) is 0 Å². The number of sulfonamides is 1. The molecule has 0 heterocycles. The molecule has 1 rings (SSSR count). The van der Waals surface area contributed by atoms with Crippen molar-refractivity contribution in [2.24, 2.45) is 5.73 Å². The Hall–Kier alpha value is -1.56. The van der Waals surface area contributed by atoms with Gasteiger partial charge in [-0.05, 0) is 18.2 Å². The zero-order valence-corrected chi connectivity index (χ0v) is 7.43. The molecule has 1 aromatic rings. The second-order valence-corrected chi connectivity index (χ2v) is 3.94. The molecule has 0 fully saturated rings. The van der Waals surface area contributed by atoms with Crippen molar-refractivity contribution in [3.63, 3.8) is 0 Å². The van der Waals surface area contributed by atoms with E-state index in [9.17, 15) is 8.42 Å². The van der Waals surface area contributed by atoms with Gasteiger partial charge in [0.1, 0.15) is 0 Å². The maximum absolute atomic E-state index is 11.3. The number of guanidine groups is 1. The summed E-state index contributed by atoms with van der Waals surface area (Å²) < 4.78 is 24.4. The van der Waals surface area contributed by atoms with Gasteiger partial charge in [-0.3, -0.25) is 5.41 Å². The molecule has 69 valence electrons. The molecular formula is C7H8N3O2S. The highest BCUT2D eigenvalue weighted by Crippen LogP contribution is 2.05. The maximum atomic E-state index is 11.3. The fraction of sp³-hybridized carbons (Fsp3) is 0. The van der Waals surface area contributed by atoms with Crippen LogP contribution in [0.1, 0.15) is 0 Å². The van der Waals surface area contributed by atoms with Crippen LogP contribution in [0.2, 0.25) is 0 Å². The van der Waals surface area contributed by atoms with E-state index in [1.54, 1.807) is 0 Å². The molecule has 0 bridgehead atoms. The Bertz CT molecular complexity index is 399. The van der Waals surface area contributed by atoms with Gasteiger partial charge >= 0.3 is 0 Å². The molecule has 0 saturated heterocycles. The summed E-state index contributed by atoms with van der Waals surface area (Å²) in [6, 6.07) is 8.35. The molecule has 0 unspecified atom stereocenters. The van der Waals surface area contributed by atoms with Crippen molar-refractivity contribution in [1.29, 1.82) is 5.41 Å². The lowest BCUT2D eigenvalue weighted by atomic mass is 10.4. The summed E-state index contributed by atoms with van der Waals surface area (Å²) >= 11 is 0. The van der Waals surface area contributed by atoms with Crippen LogP contribution < -0.4 is 10.5 Å². The molecule has 0 atom stereocenters. The number of hydrogen-bond acceptors (Lipinski definition) is 3. The molecular weight excluding hydrogens is 190 g/mol. The van der Waals surface area contributed by atoms with Gasteiger partial charge in [0, 0.05) is 0 Å². The first-order chi connectivity index (χ1) is 6.02. The van der Waals surface area contributed by atoms with E-state index < -0.39 is 16.0 Å². The standard InChI is InChI=1S/C7H8N3O2S/c8-7(9)10-13(11,12)6-4-2-1-3-5-6/h2-5H,(H4,8,9,10). The van der Waals surface area contributed by atoms with Gasteiger partial charge in [0.2, 0.25) is 0 Å². The molecule has 5 nitrogen and oxygen atoms in total. The Morgan fingerprint density at radius 2 is 2.00 bits per heavy atom. The number of rotatable bonds is 2. The molecule has 1 radical (unpaired) electrons. The van der Waals surface area contributed by atoms with Gasteiger partial charge in [0.05, 0.1) is 4.90 Å². The second-order valence-electron chi connectivity index (χ2n) is 2.25. The van der Waals surface area contributed by atoms with Crippen molar-refractivity contribution in [2.45, 2.75) is 4.90 Å². The molecule has 0 spiro atoms. The SMILES string of the molecule is N=C(N)NS(=O)(=O)c1cc[c]cc1. The quantitative estimate of drug-likeness (QED) is 0.448. The highest BCUT2D eigenvalue weighted by molar-refractivity contribution is 7.90. The number of nitrogens with two attached hydrogens (primary N) is 1. The second kappa shape index (κ2) is 3.44. The average Bonchev–Trinajstić information content (AvgIpc) is 2.04. The third kappa shape index (κ3) is 2.45. The van der Waals surface area contributed by atoms with Crippen molar-refractivity contribution in [3.05, 3.63) is 30.3 Å². The Kier molecular flexibility index (Phi) is 2.52. The minimum Gasteiger partial charge on any atom is -0.369 e. The van der Waals surface area contributed by atoms with Crippen LogP contribution in [-0.2, 0) is 10.0 Å². The molecule has 6 heteroatoms. The zero-order chi connectivity index (χ0) is 9.90. The van der Waals surface area contributed by atoms with Crippen LogP contribution in [0.25, 0.3) is 0 Å². The van der Waals surface area contributed by atoms with E-state index in [0.29, 0.717) is 0 Å². The predicted molar refractivity (Wildman–Crippen MR) is 47.5 cm³/mol. The highest BCUT2D eigenvalue weighted by atomic mass is 32.2. The van der Waals surface area contributed by atoms with E-state index >= 15 is 0 Å². The van der Waals surface area contributed by atoms with Crippen LogP contribution in [0.15, 0.2) is 29.2 Å². The zero-order valence-electron chi connectivity index (χ0n) is 6.61. The molecule has 13 heavy (non-hydrogen) atoms. The average molecular weight is 198 g/mol. The van der Waals surface area contributed by atoms with Crippen molar-refractivity contribution in [2.75, 3.05) is 0 Å². The van der Waals surface area contributed by atoms with Gasteiger partial charge in [-0.25, -0.2) is 13.1 Å². The molecule has 0 aromatic heterocycles. The summed E-state index contributed by atoms with van der Waals surface area (Å²) in [5.41, 5.74) is 4.90. The molecule has 0 aliphatic heterocycles. The molecule has 4 N–H and O–H groups in total. The maximum Gasteiger partial charge on any atom is 0.264 e. The lowest BCUT2D eigenvalue weighted by Crippen LogP contribution is -2.35. The minimum atomic E-state index is -3.68. The predicted octanol–water partition coefficient (Wildman–Crippen LogP) is -0.341. The minimum absolute atomic E-state index is 0.0569. The lowest BCUT2D eigenvalue weighted by molar-refractivity contribution is 0.592. The van der Waals surface area contributed by atoms with Crippen LogP contribution in [0.3, 0.4) is 0 Å². The number of benzene rings is 1. The fourth-order valence-corrected chi connectivity index (χ4v) is 1.66. The van der Waals surface area contributed by atoms with Crippen LogP contribution in [0.5, 0.6) is 0 Å². The van der Waals surface area contributed by atoms with E-state index in [4.69, 9.17) is 11.1 Å². The number of nitrogens with one attached hydrogen (secondary N) is 2. The first-order valence-electron chi connectivity index (χ1n) is 3.35. The molecule has 0 amide bonds. The molecule has 0 aliphatic rings. The van der Waals surface area contributed by atoms with Crippen molar-refractivity contribution < 1.29 is 8.42 Å². The normalized spacial score (nSPS) is 10.8. The number of hydrogen-bond donors (Lipinski definition) is 3. The summed E-state index contributed by atoms with van der Waals surface area (Å²) in [6.45, 7) is 0. The lowest BCUT2D eigenvalue weighted by Gasteiger charge is -2.04. The van der Waals surface area contributed by atoms with E-state index in [1.165, 1.54) is 24.3 Å². The summed E-state index contributed by atoms with van der Waals surface area (Å²) in [5.74, 6) is -0.604. The third-order valence-electron chi connectivity index (χ3n) is 1.24. The van der Waals surface area contributed by atoms with Crippen LogP contribution in [0, 0.1) is 11.5 Å². The molecule has 0 aliphatic carbocycles. The Morgan fingerprint density at radius 1 is 1.46 bits per heavy atom. The van der Waals surface area contributed by atoms with E-state index in [2.05, 4.69) is 6.07 Å². The van der Waals surface area contributed by atoms with Crippen LogP contribution in [-0.4, -0.2) is 14.4 Å². The van der Waals surface area contributed by atoms with Crippen molar-refractivity contribution >= 4 is 16.0 Å². The van der Waals surface area contributed by atoms with Crippen molar-refractivity contribution in [3.8, 4) is 0 Å². The molecule has 0 saturated carbocycles. The van der Waals surface area contributed by atoms with Gasteiger partial charge < -0.3 is 5.73 Å². The summed E-state index contributed by atoms with van der Waals surface area (Å²) in [6.07, 6.45) is 0. The van der Waals surface area contributed by atoms with Gasteiger partial charge in [0.15, 0.2) is 5.96 Å². The summed E-state index contributed by atoms with van der Waals surface area (Å²) in [7, 11) is -3.68. The Balaban J connectivity index is 3.02. The summed E-state index contributed by atoms with van der Waals surface area (Å²) in [5, 5.41) is 6.78. The van der Waals surface area contributed by atoms with Crippen molar-refractivity contribution in [1.82, 2.24) is 4.72 Å². The van der Waals surface area contributed by atoms with E-state index in [-0.39, 0.29) is 4.90 Å². The smallest absolute Gasteiger partial charge is 0.264 e. The largest absolute Gasteiger partial charge is 0.369 e. The fourth-order valence-electron chi connectivity index (χ4n) is 0.754. The topological polar surface area (TPSA) is 96.0 Å². The molecule has 1 aromatic carbocycles. The Labute approximate surface area is 76.1 Å². The highest BCUT2D eigenvalue weighted by Gasteiger charge is 2.12. The Morgan fingerprint density at radius 3 is 2.46 bits per heavy atom. The monoisotopic (exact) mass is 198 g/mol. The van der Waals surface area contributed by atoms with E-state index in [0.717, 1.165) is 0 Å². The van der Waals surface area contributed by atoms with Gasteiger partial charge in [-0.1, -0.05) is 12.1 Å². The van der Waals surface area contributed by atoms with E-state index in [1.807, 2.05) is 4.72 Å².